The first kappa shape index (κ1) is 16.9. The number of methoxy groups -OCH3 is 1. The zero-order valence-electron chi connectivity index (χ0n) is 11.2. The molecule has 0 radical (unpaired) electrons. The van der Waals surface area contributed by atoms with Gasteiger partial charge in [-0.2, -0.15) is 0 Å². The summed E-state index contributed by atoms with van der Waals surface area (Å²) in [7, 11) is 1.61. The van der Waals surface area contributed by atoms with Gasteiger partial charge in [-0.05, 0) is 26.2 Å². The molecular formula is C12H24N2O4. The van der Waals surface area contributed by atoms with Crippen molar-refractivity contribution in [2.24, 2.45) is 5.73 Å². The molecule has 0 aromatic carbocycles. The molecule has 0 saturated heterocycles. The second-order valence-electron chi connectivity index (χ2n) is 3.94. The quantitative estimate of drug-likeness (QED) is 0.432. The lowest BCUT2D eigenvalue weighted by Crippen LogP contribution is -2.41. The number of carbonyl (C=O) groups excluding carboxylic acids is 2. The molecule has 0 aromatic rings. The topological polar surface area (TPSA) is 90.7 Å². The van der Waals surface area contributed by atoms with E-state index in [1.165, 1.54) is 0 Å². The van der Waals surface area contributed by atoms with Crippen LogP contribution >= 0.6 is 0 Å². The van der Waals surface area contributed by atoms with Crippen LogP contribution in [0.2, 0.25) is 0 Å². The summed E-state index contributed by atoms with van der Waals surface area (Å²) in [6, 6.07) is -0.511. The third kappa shape index (κ3) is 8.95. The Morgan fingerprint density at radius 2 is 2.06 bits per heavy atom. The number of ether oxygens (including phenoxy) is 2. The fraction of sp³-hybridized carbons (Fsp3) is 0.833. The van der Waals surface area contributed by atoms with Crippen LogP contribution in [0, 0.1) is 0 Å². The van der Waals surface area contributed by atoms with E-state index in [2.05, 4.69) is 5.32 Å². The third-order valence-electron chi connectivity index (χ3n) is 2.36. The van der Waals surface area contributed by atoms with Gasteiger partial charge in [-0.3, -0.25) is 9.59 Å². The van der Waals surface area contributed by atoms with E-state index in [-0.39, 0.29) is 11.9 Å². The van der Waals surface area contributed by atoms with Gasteiger partial charge in [0.1, 0.15) is 0 Å². The number of hydrogen-bond acceptors (Lipinski definition) is 5. The largest absolute Gasteiger partial charge is 0.466 e. The Labute approximate surface area is 108 Å². The number of carbonyl (C=O) groups is 2. The standard InChI is InChI=1S/C12H24N2O4/c1-3-18-11(15)7-4-8-14-12(16)10(13)6-5-9-17-2/h10H,3-9,13H2,1-2H3,(H,14,16). The predicted molar refractivity (Wildman–Crippen MR) is 68.0 cm³/mol. The second-order valence-corrected chi connectivity index (χ2v) is 3.94. The Morgan fingerprint density at radius 1 is 1.33 bits per heavy atom. The highest BCUT2D eigenvalue weighted by Crippen LogP contribution is 1.96. The molecule has 0 rings (SSSR count). The van der Waals surface area contributed by atoms with Gasteiger partial charge in [0, 0.05) is 26.7 Å². The summed E-state index contributed by atoms with van der Waals surface area (Å²) in [5.41, 5.74) is 5.69. The number of esters is 1. The van der Waals surface area contributed by atoms with E-state index in [9.17, 15) is 9.59 Å². The molecule has 18 heavy (non-hydrogen) atoms. The molecule has 6 nitrogen and oxygen atoms in total. The van der Waals surface area contributed by atoms with Gasteiger partial charge in [0.15, 0.2) is 0 Å². The lowest BCUT2D eigenvalue weighted by molar-refractivity contribution is -0.143. The van der Waals surface area contributed by atoms with Crippen molar-refractivity contribution in [1.29, 1.82) is 0 Å². The van der Waals surface area contributed by atoms with Crippen molar-refractivity contribution in [1.82, 2.24) is 5.32 Å². The molecule has 0 aromatic heterocycles. The molecule has 1 atom stereocenters. The molecule has 0 saturated carbocycles. The van der Waals surface area contributed by atoms with E-state index in [4.69, 9.17) is 15.2 Å². The van der Waals surface area contributed by atoms with Gasteiger partial charge in [0.25, 0.3) is 0 Å². The molecule has 6 heteroatoms. The van der Waals surface area contributed by atoms with Crippen molar-refractivity contribution in [3.05, 3.63) is 0 Å². The third-order valence-corrected chi connectivity index (χ3v) is 2.36. The lowest BCUT2D eigenvalue weighted by Gasteiger charge is -2.11. The minimum atomic E-state index is -0.511. The number of hydrogen-bond donors (Lipinski definition) is 2. The van der Waals surface area contributed by atoms with Crippen molar-refractivity contribution in [2.75, 3.05) is 26.9 Å². The summed E-state index contributed by atoms with van der Waals surface area (Å²) in [6.07, 6.45) is 2.23. The molecule has 0 aliphatic rings. The van der Waals surface area contributed by atoms with Gasteiger partial charge in [-0.1, -0.05) is 0 Å². The Kier molecular flexibility index (Phi) is 10.3. The average Bonchev–Trinajstić information content (AvgIpc) is 2.35. The van der Waals surface area contributed by atoms with Crippen molar-refractivity contribution >= 4 is 11.9 Å². The summed E-state index contributed by atoms with van der Waals surface area (Å²) < 4.78 is 9.65. The van der Waals surface area contributed by atoms with Crippen molar-refractivity contribution in [3.63, 3.8) is 0 Å². The molecule has 0 heterocycles. The van der Waals surface area contributed by atoms with Crippen LogP contribution in [0.3, 0.4) is 0 Å². The van der Waals surface area contributed by atoms with Crippen LogP contribution < -0.4 is 11.1 Å². The molecule has 106 valence electrons. The highest BCUT2D eigenvalue weighted by atomic mass is 16.5. The van der Waals surface area contributed by atoms with Crippen LogP contribution in [0.25, 0.3) is 0 Å². The van der Waals surface area contributed by atoms with Gasteiger partial charge in [-0.15, -0.1) is 0 Å². The zero-order valence-corrected chi connectivity index (χ0v) is 11.2. The highest BCUT2D eigenvalue weighted by Gasteiger charge is 2.12. The van der Waals surface area contributed by atoms with Crippen LogP contribution in [0.15, 0.2) is 0 Å². The molecule has 0 bridgehead atoms. The van der Waals surface area contributed by atoms with E-state index in [0.29, 0.717) is 39.0 Å². The molecule has 0 spiro atoms. The summed E-state index contributed by atoms with van der Waals surface area (Å²) in [4.78, 5) is 22.5. The zero-order chi connectivity index (χ0) is 13.8. The molecule has 1 amide bonds. The smallest absolute Gasteiger partial charge is 0.305 e. The molecule has 0 aliphatic carbocycles. The predicted octanol–water partition coefficient (Wildman–Crippen LogP) is 0.200. The first-order valence-corrected chi connectivity index (χ1v) is 6.29. The van der Waals surface area contributed by atoms with Crippen LogP contribution in [0.5, 0.6) is 0 Å². The van der Waals surface area contributed by atoms with Crippen LogP contribution in [0.4, 0.5) is 0 Å². The molecule has 1 unspecified atom stereocenters. The SMILES string of the molecule is CCOC(=O)CCCNC(=O)C(N)CCCOC. The van der Waals surface area contributed by atoms with E-state index < -0.39 is 6.04 Å². The summed E-state index contributed by atoms with van der Waals surface area (Å²) in [5.74, 6) is -0.425. The minimum Gasteiger partial charge on any atom is -0.466 e. The summed E-state index contributed by atoms with van der Waals surface area (Å²) in [6.45, 7) is 3.19. The van der Waals surface area contributed by atoms with Gasteiger partial charge in [0.05, 0.1) is 12.6 Å². The minimum absolute atomic E-state index is 0.185. The number of amides is 1. The van der Waals surface area contributed by atoms with E-state index >= 15 is 0 Å². The first-order chi connectivity index (χ1) is 8.61. The van der Waals surface area contributed by atoms with Crippen LogP contribution in [-0.2, 0) is 19.1 Å². The van der Waals surface area contributed by atoms with Crippen LogP contribution in [0.1, 0.15) is 32.6 Å². The molecule has 0 fully saturated rings. The maximum atomic E-state index is 11.5. The van der Waals surface area contributed by atoms with Crippen LogP contribution in [-0.4, -0.2) is 44.8 Å². The maximum absolute atomic E-state index is 11.5. The van der Waals surface area contributed by atoms with Crippen molar-refractivity contribution in [3.8, 4) is 0 Å². The van der Waals surface area contributed by atoms with Gasteiger partial charge < -0.3 is 20.5 Å². The van der Waals surface area contributed by atoms with Crippen molar-refractivity contribution < 1.29 is 19.1 Å². The van der Waals surface area contributed by atoms with E-state index in [0.717, 1.165) is 6.42 Å². The summed E-state index contributed by atoms with van der Waals surface area (Å²) >= 11 is 0. The van der Waals surface area contributed by atoms with E-state index in [1.54, 1.807) is 14.0 Å². The first-order valence-electron chi connectivity index (χ1n) is 6.29. The van der Waals surface area contributed by atoms with Gasteiger partial charge >= 0.3 is 5.97 Å². The fourth-order valence-electron chi connectivity index (χ4n) is 1.39. The summed E-state index contributed by atoms with van der Waals surface area (Å²) in [5, 5.41) is 2.69. The van der Waals surface area contributed by atoms with Crippen molar-refractivity contribution in [2.45, 2.75) is 38.6 Å². The number of nitrogens with one attached hydrogen (secondary N) is 1. The Bertz CT molecular complexity index is 246. The highest BCUT2D eigenvalue weighted by molar-refractivity contribution is 5.81. The maximum Gasteiger partial charge on any atom is 0.305 e. The molecule has 3 N–H and O–H groups in total. The Hall–Kier alpha value is -1.14. The van der Waals surface area contributed by atoms with E-state index in [1.807, 2.05) is 0 Å². The molecular weight excluding hydrogens is 236 g/mol. The number of nitrogens with two attached hydrogens (primary N) is 1. The lowest BCUT2D eigenvalue weighted by atomic mass is 10.1. The normalized spacial score (nSPS) is 11.9. The Morgan fingerprint density at radius 3 is 2.67 bits per heavy atom. The van der Waals surface area contributed by atoms with Gasteiger partial charge in [-0.25, -0.2) is 0 Å². The number of rotatable bonds is 10. The van der Waals surface area contributed by atoms with Gasteiger partial charge in [0.2, 0.25) is 5.91 Å². The monoisotopic (exact) mass is 260 g/mol. The molecule has 0 aliphatic heterocycles. The average molecular weight is 260 g/mol. The second kappa shape index (κ2) is 11.0. The fourth-order valence-corrected chi connectivity index (χ4v) is 1.39. The Balaban J connectivity index is 3.54.